The first-order valence-corrected chi connectivity index (χ1v) is 16.1. The van der Waals surface area contributed by atoms with E-state index in [-0.39, 0.29) is 17.6 Å². The third-order valence-electron chi connectivity index (χ3n) is 10.1. The first-order valence-electron chi connectivity index (χ1n) is 16.1. The molecular weight excluding hydrogens is 554 g/mol. The van der Waals surface area contributed by atoms with Crippen molar-refractivity contribution in [3.8, 4) is 28.3 Å². The zero-order valence-electron chi connectivity index (χ0n) is 25.9. The lowest BCUT2D eigenvalue weighted by atomic mass is 9.74. The molecule has 0 unspecified atom stereocenters. The molecule has 2 aliphatic heterocycles. The predicted octanol–water partition coefficient (Wildman–Crippen LogP) is 9.67. The predicted molar refractivity (Wildman–Crippen MR) is 181 cm³/mol. The quantitative estimate of drug-likeness (QED) is 0.206. The van der Waals surface area contributed by atoms with Crippen molar-refractivity contribution in [2.24, 2.45) is 4.99 Å². The normalized spacial score (nSPS) is 19.6. The Balaban J connectivity index is 1.20. The molecule has 0 spiro atoms. The number of fused-ring (bicyclic) bond motifs is 6. The van der Waals surface area contributed by atoms with Crippen molar-refractivity contribution < 1.29 is 9.47 Å². The van der Waals surface area contributed by atoms with Crippen molar-refractivity contribution in [3.63, 3.8) is 0 Å². The Morgan fingerprint density at radius 3 is 2.49 bits per heavy atom. The van der Waals surface area contributed by atoms with Crippen molar-refractivity contribution in [1.29, 1.82) is 0 Å². The van der Waals surface area contributed by atoms with Crippen LogP contribution in [-0.2, 0) is 10.2 Å². The van der Waals surface area contributed by atoms with Crippen LogP contribution in [0, 0.1) is 6.92 Å². The van der Waals surface area contributed by atoms with E-state index < -0.39 is 0 Å². The second-order valence-corrected chi connectivity index (χ2v) is 13.3. The van der Waals surface area contributed by atoms with E-state index in [1.165, 1.54) is 40.3 Å². The Bertz CT molecular complexity index is 2180. The van der Waals surface area contributed by atoms with Crippen molar-refractivity contribution in [2.45, 2.75) is 64.0 Å². The number of hydrogen-bond acceptors (Lipinski definition) is 4. The Hall–Kier alpha value is -4.90. The lowest BCUT2D eigenvalue weighted by molar-refractivity contribution is 0.153. The second-order valence-electron chi connectivity index (χ2n) is 13.3. The van der Waals surface area contributed by atoms with Gasteiger partial charge in [-0.2, -0.15) is 0 Å². The van der Waals surface area contributed by atoms with Crippen LogP contribution >= 0.6 is 0 Å². The van der Waals surface area contributed by atoms with Gasteiger partial charge in [-0.3, -0.25) is 4.57 Å². The first-order chi connectivity index (χ1) is 22.0. The van der Waals surface area contributed by atoms with E-state index in [9.17, 15) is 0 Å². The van der Waals surface area contributed by atoms with E-state index >= 15 is 0 Å². The van der Waals surface area contributed by atoms with Crippen LogP contribution in [0.5, 0.6) is 11.5 Å². The third-order valence-corrected chi connectivity index (χ3v) is 10.1. The van der Waals surface area contributed by atoms with Crippen LogP contribution in [0.2, 0.25) is 0 Å². The number of para-hydroxylation sites is 1. The lowest BCUT2D eigenvalue weighted by Crippen LogP contribution is -2.26. The van der Waals surface area contributed by atoms with Gasteiger partial charge >= 0.3 is 0 Å². The van der Waals surface area contributed by atoms with Crippen LogP contribution in [0.3, 0.4) is 0 Å². The number of ether oxygens (including phenoxy) is 2. The van der Waals surface area contributed by atoms with Gasteiger partial charge in [0, 0.05) is 34.0 Å². The van der Waals surface area contributed by atoms with Gasteiger partial charge in [0.2, 0.25) is 5.90 Å². The van der Waals surface area contributed by atoms with Gasteiger partial charge in [-0.05, 0) is 90.4 Å². The minimum Gasteiger partial charge on any atom is -0.472 e. The fourth-order valence-corrected chi connectivity index (χ4v) is 7.79. The lowest BCUT2D eigenvalue weighted by Gasteiger charge is -2.35. The van der Waals surface area contributed by atoms with E-state index in [0.717, 1.165) is 63.8 Å². The Kier molecular flexibility index (Phi) is 5.77. The third kappa shape index (κ3) is 4.06. The Labute approximate surface area is 263 Å². The summed E-state index contributed by atoms with van der Waals surface area (Å²) in [5.74, 6) is 2.34. The molecule has 3 aliphatic rings. The smallest absolute Gasteiger partial charge is 0.216 e. The summed E-state index contributed by atoms with van der Waals surface area (Å²) >= 11 is 0. The van der Waals surface area contributed by atoms with Crippen LogP contribution in [0.1, 0.15) is 61.8 Å². The minimum absolute atomic E-state index is 0.183. The van der Waals surface area contributed by atoms with Crippen LogP contribution < -0.4 is 4.74 Å². The summed E-state index contributed by atoms with van der Waals surface area (Å²) in [4.78, 5) is 9.92. The molecule has 6 aromatic rings. The zero-order valence-corrected chi connectivity index (χ0v) is 25.9. The largest absolute Gasteiger partial charge is 0.472 e. The van der Waals surface area contributed by atoms with Gasteiger partial charge in [0.05, 0.1) is 17.2 Å². The van der Waals surface area contributed by atoms with Crippen LogP contribution in [0.4, 0.5) is 0 Å². The van der Waals surface area contributed by atoms with Gasteiger partial charge in [0.15, 0.2) is 0 Å². The summed E-state index contributed by atoms with van der Waals surface area (Å²) in [6, 6.07) is 32.5. The molecule has 2 aromatic heterocycles. The van der Waals surface area contributed by atoms with E-state index in [1.807, 2.05) is 18.3 Å². The monoisotopic (exact) mass is 589 g/mol. The summed E-state index contributed by atoms with van der Waals surface area (Å²) in [6.45, 7) is 6.79. The van der Waals surface area contributed by atoms with Crippen molar-refractivity contribution in [2.75, 3.05) is 0 Å². The average molecular weight is 590 g/mol. The second kappa shape index (κ2) is 9.80. The molecule has 0 radical (unpaired) electrons. The number of hydrogen-bond donors (Lipinski definition) is 0. The summed E-state index contributed by atoms with van der Waals surface area (Å²) in [5.41, 5.74) is 9.99. The van der Waals surface area contributed by atoms with Gasteiger partial charge in [-0.1, -0.05) is 68.8 Å². The summed E-state index contributed by atoms with van der Waals surface area (Å²) < 4.78 is 15.6. The standard InChI is InChI=1S/C40H35N3O2/c1-24-19-32-34(43-37-29(30-14-10-18-41-38(30)43)13-9-15-31(37)40(32,2)3)23-36(24)44-28-21-26(25-11-5-4-6-12-25)20-27(22-28)39-42-33-16-7-8-17-35(33)45-39/h4-6,9-15,18-23,33,35H,7-8,16-17H2,1-3H3/t33-,35+/m1/s1. The number of aromatic nitrogens is 2. The number of benzene rings is 4. The summed E-state index contributed by atoms with van der Waals surface area (Å²) in [6.07, 6.45) is 6.67. The SMILES string of the molecule is Cc1cc2c(cc1Oc1cc(C3=N[C@@H]4CCCC[C@@H]4O3)cc(-c3ccccc3)c1)-n1c3ncccc3c3cccc(c31)C2(C)C. The minimum atomic E-state index is -0.183. The molecule has 0 N–H and O–H groups in total. The van der Waals surface area contributed by atoms with Crippen molar-refractivity contribution >= 4 is 27.8 Å². The molecule has 1 fully saturated rings. The van der Waals surface area contributed by atoms with E-state index in [4.69, 9.17) is 19.5 Å². The molecule has 5 heteroatoms. The zero-order chi connectivity index (χ0) is 30.3. The molecule has 4 heterocycles. The van der Waals surface area contributed by atoms with Gasteiger partial charge in [0.25, 0.3) is 0 Å². The molecule has 222 valence electrons. The molecule has 0 bridgehead atoms. The highest BCUT2D eigenvalue weighted by atomic mass is 16.5. The topological polar surface area (TPSA) is 48.6 Å². The molecule has 1 aliphatic carbocycles. The Morgan fingerprint density at radius 1 is 0.800 bits per heavy atom. The van der Waals surface area contributed by atoms with Crippen molar-refractivity contribution in [1.82, 2.24) is 9.55 Å². The van der Waals surface area contributed by atoms with Gasteiger partial charge in [-0.25, -0.2) is 9.98 Å². The fourth-order valence-electron chi connectivity index (χ4n) is 7.79. The molecule has 0 amide bonds. The van der Waals surface area contributed by atoms with Crippen LogP contribution in [-0.4, -0.2) is 27.6 Å². The molecule has 0 saturated heterocycles. The first kappa shape index (κ1) is 26.5. The maximum Gasteiger partial charge on any atom is 0.216 e. The Morgan fingerprint density at radius 2 is 1.62 bits per heavy atom. The average Bonchev–Trinajstić information content (AvgIpc) is 3.65. The number of rotatable bonds is 4. The fraction of sp³-hybridized carbons (Fsp3) is 0.250. The summed E-state index contributed by atoms with van der Waals surface area (Å²) in [5, 5.41) is 2.40. The van der Waals surface area contributed by atoms with E-state index in [2.05, 4.69) is 104 Å². The molecular formula is C40H35N3O2. The molecule has 1 saturated carbocycles. The van der Waals surface area contributed by atoms with Gasteiger partial charge in [-0.15, -0.1) is 0 Å². The van der Waals surface area contributed by atoms with Crippen LogP contribution in [0.15, 0.2) is 102 Å². The number of aliphatic imine (C=N–C) groups is 1. The highest BCUT2D eigenvalue weighted by Crippen LogP contribution is 2.49. The number of nitrogens with zero attached hydrogens (tertiary/aromatic N) is 3. The molecule has 45 heavy (non-hydrogen) atoms. The number of pyridine rings is 1. The molecule has 4 aromatic carbocycles. The van der Waals surface area contributed by atoms with Gasteiger partial charge < -0.3 is 9.47 Å². The van der Waals surface area contributed by atoms with Crippen LogP contribution in [0.25, 0.3) is 38.8 Å². The maximum absolute atomic E-state index is 6.85. The molecule has 2 atom stereocenters. The highest BCUT2D eigenvalue weighted by molar-refractivity contribution is 6.10. The van der Waals surface area contributed by atoms with E-state index in [1.54, 1.807) is 0 Å². The van der Waals surface area contributed by atoms with Crippen molar-refractivity contribution in [3.05, 3.63) is 119 Å². The maximum atomic E-state index is 6.85. The molecule has 9 rings (SSSR count). The van der Waals surface area contributed by atoms with Gasteiger partial charge in [0.1, 0.15) is 23.3 Å². The number of aryl methyl sites for hydroxylation is 1. The summed E-state index contributed by atoms with van der Waals surface area (Å²) in [7, 11) is 0. The van der Waals surface area contributed by atoms with E-state index in [0.29, 0.717) is 0 Å². The highest BCUT2D eigenvalue weighted by Gasteiger charge is 2.37. The molecule has 5 nitrogen and oxygen atoms in total.